The Kier molecular flexibility index (Phi) is 4.76. The SMILES string of the molecule is Cc1cc(C)cc(NC(=O)c2ccc(N3CCN(C)CC3)nn2)c1. The summed E-state index contributed by atoms with van der Waals surface area (Å²) in [4.78, 5) is 16.8. The molecule has 0 spiro atoms. The van der Waals surface area contributed by atoms with Gasteiger partial charge in [0.2, 0.25) is 0 Å². The quantitative estimate of drug-likeness (QED) is 0.936. The van der Waals surface area contributed by atoms with E-state index < -0.39 is 0 Å². The van der Waals surface area contributed by atoms with E-state index >= 15 is 0 Å². The van der Waals surface area contributed by atoms with Crippen LogP contribution in [0.2, 0.25) is 0 Å². The highest BCUT2D eigenvalue weighted by molar-refractivity contribution is 6.02. The topological polar surface area (TPSA) is 61.4 Å². The average molecular weight is 325 g/mol. The van der Waals surface area contributed by atoms with E-state index in [2.05, 4.69) is 38.4 Å². The van der Waals surface area contributed by atoms with Gasteiger partial charge in [0.05, 0.1) is 0 Å². The lowest BCUT2D eigenvalue weighted by atomic mass is 10.1. The third-order valence-corrected chi connectivity index (χ3v) is 4.19. The van der Waals surface area contributed by atoms with E-state index in [-0.39, 0.29) is 5.91 Å². The number of benzene rings is 1. The lowest BCUT2D eigenvalue weighted by molar-refractivity contribution is 0.102. The fraction of sp³-hybridized carbons (Fsp3) is 0.389. The van der Waals surface area contributed by atoms with E-state index in [1.54, 1.807) is 6.07 Å². The van der Waals surface area contributed by atoms with Crippen molar-refractivity contribution >= 4 is 17.4 Å². The summed E-state index contributed by atoms with van der Waals surface area (Å²) in [5.74, 6) is 0.587. The summed E-state index contributed by atoms with van der Waals surface area (Å²) < 4.78 is 0. The Labute approximate surface area is 142 Å². The first-order valence-corrected chi connectivity index (χ1v) is 8.18. The van der Waals surface area contributed by atoms with Crippen LogP contribution < -0.4 is 10.2 Å². The predicted molar refractivity (Wildman–Crippen MR) is 95.6 cm³/mol. The highest BCUT2D eigenvalue weighted by Gasteiger charge is 2.16. The maximum atomic E-state index is 12.3. The number of nitrogens with zero attached hydrogens (tertiary/aromatic N) is 4. The molecule has 0 unspecified atom stereocenters. The molecular weight excluding hydrogens is 302 g/mol. The van der Waals surface area contributed by atoms with Gasteiger partial charge in [-0.2, -0.15) is 0 Å². The summed E-state index contributed by atoms with van der Waals surface area (Å²) in [6.07, 6.45) is 0. The standard InChI is InChI=1S/C18H23N5O/c1-13-10-14(2)12-15(11-13)19-18(24)16-4-5-17(21-20-16)23-8-6-22(3)7-9-23/h4-5,10-12H,6-9H2,1-3H3,(H,19,24). The van der Waals surface area contributed by atoms with Crippen molar-refractivity contribution in [3.63, 3.8) is 0 Å². The number of carbonyl (C=O) groups excluding carboxylic acids is 1. The average Bonchev–Trinajstić information content (AvgIpc) is 2.55. The van der Waals surface area contributed by atoms with Gasteiger partial charge >= 0.3 is 0 Å². The third kappa shape index (κ3) is 3.89. The zero-order valence-corrected chi connectivity index (χ0v) is 14.4. The molecule has 0 saturated carbocycles. The fourth-order valence-corrected chi connectivity index (χ4v) is 2.89. The highest BCUT2D eigenvalue weighted by Crippen LogP contribution is 2.16. The van der Waals surface area contributed by atoms with E-state index in [9.17, 15) is 4.79 Å². The summed E-state index contributed by atoms with van der Waals surface area (Å²) >= 11 is 0. The largest absolute Gasteiger partial charge is 0.353 e. The molecule has 2 aromatic rings. The molecule has 1 amide bonds. The number of likely N-dealkylation sites (N-methyl/N-ethyl adjacent to an activating group) is 1. The molecule has 1 fully saturated rings. The summed E-state index contributed by atoms with van der Waals surface area (Å²) in [5, 5.41) is 11.2. The van der Waals surface area contributed by atoms with E-state index in [0.29, 0.717) is 5.69 Å². The second-order valence-electron chi connectivity index (χ2n) is 6.40. The number of hydrogen-bond acceptors (Lipinski definition) is 5. The molecule has 126 valence electrons. The molecule has 0 atom stereocenters. The van der Waals surface area contributed by atoms with Gasteiger partial charge in [0.25, 0.3) is 5.91 Å². The first kappa shape index (κ1) is 16.4. The molecular formula is C18H23N5O. The molecule has 1 aromatic heterocycles. The molecule has 0 bridgehead atoms. The molecule has 3 rings (SSSR count). The van der Waals surface area contributed by atoms with Crippen molar-refractivity contribution in [3.05, 3.63) is 47.2 Å². The van der Waals surface area contributed by atoms with Crippen LogP contribution in [0.1, 0.15) is 21.6 Å². The van der Waals surface area contributed by atoms with Gasteiger partial charge in [-0.05, 0) is 56.3 Å². The van der Waals surface area contributed by atoms with E-state index in [1.165, 1.54) is 0 Å². The second kappa shape index (κ2) is 6.97. The zero-order valence-electron chi connectivity index (χ0n) is 14.4. The minimum atomic E-state index is -0.238. The molecule has 1 aliphatic heterocycles. The number of amides is 1. The third-order valence-electron chi connectivity index (χ3n) is 4.19. The molecule has 0 aliphatic carbocycles. The van der Waals surface area contributed by atoms with Gasteiger partial charge < -0.3 is 15.1 Å². The number of hydrogen-bond donors (Lipinski definition) is 1. The van der Waals surface area contributed by atoms with Crippen LogP contribution in [0, 0.1) is 13.8 Å². The number of aromatic nitrogens is 2. The van der Waals surface area contributed by atoms with Crippen LogP contribution in [0.25, 0.3) is 0 Å². The summed E-state index contributed by atoms with van der Waals surface area (Å²) in [6.45, 7) is 7.90. The smallest absolute Gasteiger partial charge is 0.276 e. The van der Waals surface area contributed by atoms with Gasteiger partial charge in [-0.1, -0.05) is 6.07 Å². The second-order valence-corrected chi connectivity index (χ2v) is 6.40. The number of rotatable bonds is 3. The fourth-order valence-electron chi connectivity index (χ4n) is 2.89. The van der Waals surface area contributed by atoms with Crippen molar-refractivity contribution < 1.29 is 4.79 Å². The van der Waals surface area contributed by atoms with Gasteiger partial charge in [-0.15, -0.1) is 10.2 Å². The molecule has 1 aromatic carbocycles. The van der Waals surface area contributed by atoms with Crippen LogP contribution in [0.3, 0.4) is 0 Å². The first-order chi connectivity index (χ1) is 11.5. The van der Waals surface area contributed by atoms with Crippen LogP contribution >= 0.6 is 0 Å². The Bertz CT molecular complexity index is 700. The van der Waals surface area contributed by atoms with E-state index in [4.69, 9.17) is 0 Å². The molecule has 6 heteroatoms. The lowest BCUT2D eigenvalue weighted by Crippen LogP contribution is -2.44. The molecule has 6 nitrogen and oxygen atoms in total. The monoisotopic (exact) mass is 325 g/mol. The van der Waals surface area contributed by atoms with Crippen molar-refractivity contribution in [2.45, 2.75) is 13.8 Å². The van der Waals surface area contributed by atoms with Crippen LogP contribution in [0.5, 0.6) is 0 Å². The maximum Gasteiger partial charge on any atom is 0.276 e. The summed E-state index contributed by atoms with van der Waals surface area (Å²) in [6, 6.07) is 9.56. The van der Waals surface area contributed by atoms with Gasteiger partial charge in [-0.25, -0.2) is 0 Å². The molecule has 1 N–H and O–H groups in total. The van der Waals surface area contributed by atoms with Crippen molar-refractivity contribution in [1.29, 1.82) is 0 Å². The van der Waals surface area contributed by atoms with Gasteiger partial charge in [0, 0.05) is 31.9 Å². The minimum Gasteiger partial charge on any atom is -0.353 e. The zero-order chi connectivity index (χ0) is 17.1. The van der Waals surface area contributed by atoms with Crippen molar-refractivity contribution in [1.82, 2.24) is 15.1 Å². The van der Waals surface area contributed by atoms with Gasteiger partial charge in [0.1, 0.15) is 0 Å². The molecule has 1 aliphatic rings. The minimum absolute atomic E-state index is 0.238. The van der Waals surface area contributed by atoms with Crippen molar-refractivity contribution in [2.24, 2.45) is 0 Å². The maximum absolute atomic E-state index is 12.3. The van der Waals surface area contributed by atoms with E-state index in [1.807, 2.05) is 32.0 Å². The number of nitrogens with one attached hydrogen (secondary N) is 1. The Morgan fingerprint density at radius 1 is 1.00 bits per heavy atom. The van der Waals surface area contributed by atoms with Crippen molar-refractivity contribution in [2.75, 3.05) is 43.4 Å². The number of anilines is 2. The van der Waals surface area contributed by atoms with Crippen LogP contribution in [-0.2, 0) is 0 Å². The van der Waals surface area contributed by atoms with Crippen molar-refractivity contribution in [3.8, 4) is 0 Å². The number of aryl methyl sites for hydroxylation is 2. The molecule has 2 heterocycles. The Balaban J connectivity index is 1.67. The molecule has 24 heavy (non-hydrogen) atoms. The van der Waals surface area contributed by atoms with Crippen LogP contribution in [0.15, 0.2) is 30.3 Å². The predicted octanol–water partition coefficient (Wildman–Crippen LogP) is 2.10. The van der Waals surface area contributed by atoms with E-state index in [0.717, 1.165) is 48.8 Å². The normalized spacial score (nSPS) is 15.4. The van der Waals surface area contributed by atoms with Crippen LogP contribution in [0.4, 0.5) is 11.5 Å². The lowest BCUT2D eigenvalue weighted by Gasteiger charge is -2.32. The Morgan fingerprint density at radius 3 is 2.25 bits per heavy atom. The number of carbonyl (C=O) groups is 1. The molecule has 1 saturated heterocycles. The Morgan fingerprint density at radius 2 is 1.67 bits per heavy atom. The molecule has 0 radical (unpaired) electrons. The number of piperazine rings is 1. The summed E-state index contributed by atoms with van der Waals surface area (Å²) in [5.41, 5.74) is 3.33. The first-order valence-electron chi connectivity index (χ1n) is 8.18. The Hall–Kier alpha value is -2.47. The summed E-state index contributed by atoms with van der Waals surface area (Å²) in [7, 11) is 2.11. The van der Waals surface area contributed by atoms with Crippen LogP contribution in [-0.4, -0.2) is 54.2 Å². The van der Waals surface area contributed by atoms with Gasteiger partial charge in [0.15, 0.2) is 11.5 Å². The highest BCUT2D eigenvalue weighted by atomic mass is 16.1. The van der Waals surface area contributed by atoms with Gasteiger partial charge in [-0.3, -0.25) is 4.79 Å².